The Labute approximate surface area is 138 Å². The van der Waals surface area contributed by atoms with Gasteiger partial charge in [0.25, 0.3) is 0 Å². The molecule has 114 valence electrons. The van der Waals surface area contributed by atoms with Crippen LogP contribution in [-0.2, 0) is 4.79 Å². The lowest BCUT2D eigenvalue weighted by Crippen LogP contribution is -2.17. The second-order valence-corrected chi connectivity index (χ2v) is 6.70. The summed E-state index contributed by atoms with van der Waals surface area (Å²) >= 11 is 3.44. The number of carbonyl (C=O) groups is 1. The Kier molecular flexibility index (Phi) is 3.73. The third-order valence-electron chi connectivity index (χ3n) is 4.86. The van der Waals surface area contributed by atoms with Crippen LogP contribution in [0.25, 0.3) is 0 Å². The van der Waals surface area contributed by atoms with Crippen LogP contribution in [0.1, 0.15) is 36.3 Å². The summed E-state index contributed by atoms with van der Waals surface area (Å²) in [6.07, 6.45) is 0.606. The number of carboxylic acid groups (broad SMARTS) is 1. The third kappa shape index (κ3) is 2.13. The van der Waals surface area contributed by atoms with Crippen LogP contribution in [0, 0.1) is 5.41 Å². The van der Waals surface area contributed by atoms with Gasteiger partial charge in [0.2, 0.25) is 0 Å². The quantitative estimate of drug-likeness (QED) is 0.795. The van der Waals surface area contributed by atoms with E-state index in [2.05, 4.69) is 15.9 Å². The van der Waals surface area contributed by atoms with Crippen molar-refractivity contribution >= 4 is 27.6 Å². The van der Waals surface area contributed by atoms with Gasteiger partial charge in [-0.1, -0.05) is 43.3 Å². The maximum absolute atomic E-state index is 12.0. The predicted molar refractivity (Wildman–Crippen MR) is 90.8 cm³/mol. The van der Waals surface area contributed by atoms with Crippen molar-refractivity contribution in [1.29, 1.82) is 0 Å². The van der Waals surface area contributed by atoms with Gasteiger partial charge < -0.3 is 10.8 Å². The molecule has 1 saturated carbocycles. The lowest BCUT2D eigenvalue weighted by atomic mass is 9.94. The molecule has 0 spiro atoms. The number of hydrogen-bond donors (Lipinski definition) is 2. The maximum atomic E-state index is 12.0. The monoisotopic (exact) mass is 359 g/mol. The van der Waals surface area contributed by atoms with Crippen molar-refractivity contribution in [2.45, 2.75) is 25.2 Å². The number of nitrogen functional groups attached to an aromatic ring is 1. The molecule has 4 heteroatoms. The van der Waals surface area contributed by atoms with Crippen molar-refractivity contribution in [3.8, 4) is 0 Å². The molecule has 3 atom stereocenters. The maximum Gasteiger partial charge on any atom is 0.310 e. The zero-order valence-corrected chi connectivity index (χ0v) is 13.9. The summed E-state index contributed by atoms with van der Waals surface area (Å²) in [6.45, 7) is 1.95. The van der Waals surface area contributed by atoms with E-state index in [1.165, 1.54) is 0 Å². The molecular weight excluding hydrogens is 342 g/mol. The number of anilines is 1. The first-order valence-electron chi connectivity index (χ1n) is 7.35. The minimum atomic E-state index is -0.725. The van der Waals surface area contributed by atoms with Crippen molar-refractivity contribution in [2.75, 3.05) is 5.73 Å². The van der Waals surface area contributed by atoms with Crippen LogP contribution in [-0.4, -0.2) is 11.1 Å². The largest absolute Gasteiger partial charge is 0.481 e. The van der Waals surface area contributed by atoms with Gasteiger partial charge in [-0.15, -0.1) is 0 Å². The summed E-state index contributed by atoms with van der Waals surface area (Å²) in [5, 5.41) is 9.85. The fourth-order valence-corrected chi connectivity index (χ4v) is 4.07. The van der Waals surface area contributed by atoms with E-state index in [9.17, 15) is 9.90 Å². The molecule has 0 heterocycles. The predicted octanol–water partition coefficient (Wildman–Crippen LogP) is 4.39. The summed E-state index contributed by atoms with van der Waals surface area (Å²) in [4.78, 5) is 12.0. The van der Waals surface area contributed by atoms with E-state index in [4.69, 9.17) is 5.73 Å². The van der Waals surface area contributed by atoms with Gasteiger partial charge in [0.1, 0.15) is 0 Å². The van der Waals surface area contributed by atoms with Gasteiger partial charge in [-0.3, -0.25) is 4.79 Å². The Morgan fingerprint density at radius 2 is 1.82 bits per heavy atom. The number of halogens is 1. The summed E-state index contributed by atoms with van der Waals surface area (Å²) in [6, 6.07) is 15.7. The van der Waals surface area contributed by atoms with Crippen LogP contribution in [0.15, 0.2) is 53.0 Å². The molecule has 2 aromatic rings. The van der Waals surface area contributed by atoms with Crippen molar-refractivity contribution in [3.63, 3.8) is 0 Å². The molecule has 0 aliphatic heterocycles. The highest BCUT2D eigenvalue weighted by atomic mass is 79.9. The molecule has 3 N–H and O–H groups in total. The van der Waals surface area contributed by atoms with E-state index < -0.39 is 11.4 Å². The highest BCUT2D eigenvalue weighted by Crippen LogP contribution is 2.72. The number of benzene rings is 2. The van der Waals surface area contributed by atoms with Crippen molar-refractivity contribution in [3.05, 3.63) is 64.1 Å². The van der Waals surface area contributed by atoms with E-state index in [0.29, 0.717) is 12.1 Å². The third-order valence-corrected chi connectivity index (χ3v) is 5.55. The Morgan fingerprint density at radius 3 is 2.36 bits per heavy atom. The Balaban J connectivity index is 2.08. The van der Waals surface area contributed by atoms with Crippen LogP contribution >= 0.6 is 15.9 Å². The van der Waals surface area contributed by atoms with Gasteiger partial charge in [0, 0.05) is 22.0 Å². The summed E-state index contributed by atoms with van der Waals surface area (Å²) in [7, 11) is 0. The first-order valence-corrected chi connectivity index (χ1v) is 8.15. The zero-order chi connectivity index (χ0) is 15.9. The summed E-state index contributed by atoms with van der Waals surface area (Å²) in [5.41, 5.74) is 7.91. The molecule has 0 radical (unpaired) electrons. The van der Waals surface area contributed by atoms with E-state index in [0.717, 1.165) is 15.6 Å². The highest BCUT2D eigenvalue weighted by molar-refractivity contribution is 9.10. The molecule has 2 aromatic carbocycles. The molecular formula is C18H18BrNO2. The first kappa shape index (κ1) is 15.1. The zero-order valence-electron chi connectivity index (χ0n) is 12.3. The minimum absolute atomic E-state index is 0.00623. The molecule has 0 aromatic heterocycles. The van der Waals surface area contributed by atoms with E-state index >= 15 is 0 Å². The van der Waals surface area contributed by atoms with Crippen LogP contribution in [0.2, 0.25) is 0 Å². The van der Waals surface area contributed by atoms with Crippen LogP contribution in [0.3, 0.4) is 0 Å². The van der Waals surface area contributed by atoms with E-state index in [1.807, 2.05) is 55.5 Å². The molecule has 0 amide bonds. The number of aliphatic carboxylic acids is 1. The standard InChI is InChI=1S/C18H18BrNO2/c1-2-18(17(21)22)15(11-6-4-3-5-7-11)16(18)12-8-9-14(20)13(19)10-12/h3-10,15-16H,2,20H2,1H3,(H,21,22)/t15-,16-,18+/m0/s1. The second-order valence-electron chi connectivity index (χ2n) is 5.85. The number of nitrogens with two attached hydrogens (primary N) is 1. The van der Waals surface area contributed by atoms with E-state index in [-0.39, 0.29) is 11.8 Å². The molecule has 3 nitrogen and oxygen atoms in total. The first-order chi connectivity index (χ1) is 10.5. The van der Waals surface area contributed by atoms with Crippen LogP contribution < -0.4 is 5.73 Å². The minimum Gasteiger partial charge on any atom is -0.481 e. The van der Waals surface area contributed by atoms with Crippen molar-refractivity contribution in [2.24, 2.45) is 5.41 Å². The Hall–Kier alpha value is -1.81. The smallest absolute Gasteiger partial charge is 0.310 e. The SMILES string of the molecule is CC[C@@]1(C(=O)O)[C@@H](c2ccccc2)[C@@H]1c1ccc(N)c(Br)c1. The molecule has 22 heavy (non-hydrogen) atoms. The van der Waals surface area contributed by atoms with E-state index in [1.54, 1.807) is 0 Å². The average molecular weight is 360 g/mol. The normalized spacial score (nSPS) is 26.6. The van der Waals surface area contributed by atoms with Gasteiger partial charge in [0.15, 0.2) is 0 Å². The van der Waals surface area contributed by atoms with Gasteiger partial charge in [0.05, 0.1) is 5.41 Å². The fourth-order valence-electron chi connectivity index (χ4n) is 3.67. The molecule has 0 unspecified atom stereocenters. The molecule has 1 fully saturated rings. The fraction of sp³-hybridized carbons (Fsp3) is 0.278. The topological polar surface area (TPSA) is 63.3 Å². The number of hydrogen-bond acceptors (Lipinski definition) is 2. The number of rotatable bonds is 4. The highest BCUT2D eigenvalue weighted by Gasteiger charge is 2.69. The molecule has 1 aliphatic rings. The van der Waals surface area contributed by atoms with Gasteiger partial charge in [-0.2, -0.15) is 0 Å². The molecule has 0 bridgehead atoms. The lowest BCUT2D eigenvalue weighted by Gasteiger charge is -2.10. The van der Waals surface area contributed by atoms with Gasteiger partial charge in [-0.25, -0.2) is 0 Å². The summed E-state index contributed by atoms with van der Waals surface area (Å²) < 4.78 is 0.819. The summed E-state index contributed by atoms with van der Waals surface area (Å²) in [5.74, 6) is -0.733. The number of carboxylic acids is 1. The van der Waals surface area contributed by atoms with Crippen LogP contribution in [0.4, 0.5) is 5.69 Å². The average Bonchev–Trinajstić information content (AvgIpc) is 3.21. The van der Waals surface area contributed by atoms with Crippen molar-refractivity contribution in [1.82, 2.24) is 0 Å². The second kappa shape index (κ2) is 5.43. The van der Waals surface area contributed by atoms with Gasteiger partial charge >= 0.3 is 5.97 Å². The van der Waals surface area contributed by atoms with Crippen LogP contribution in [0.5, 0.6) is 0 Å². The molecule has 1 aliphatic carbocycles. The van der Waals surface area contributed by atoms with Crippen molar-refractivity contribution < 1.29 is 9.90 Å². The van der Waals surface area contributed by atoms with Gasteiger partial charge in [-0.05, 0) is 45.6 Å². The lowest BCUT2D eigenvalue weighted by molar-refractivity contribution is -0.143. The Morgan fingerprint density at radius 1 is 1.18 bits per heavy atom. The molecule has 0 saturated heterocycles. The Bertz CT molecular complexity index is 716. The molecule has 3 rings (SSSR count).